The van der Waals surface area contributed by atoms with E-state index in [1.165, 1.54) is 7.11 Å². The van der Waals surface area contributed by atoms with Gasteiger partial charge in [0.2, 0.25) is 0 Å². The Morgan fingerprint density at radius 1 is 1.00 bits per heavy atom. The summed E-state index contributed by atoms with van der Waals surface area (Å²) in [6.45, 7) is 0.922. The molecule has 0 aliphatic carbocycles. The van der Waals surface area contributed by atoms with Crippen molar-refractivity contribution < 1.29 is 32.3 Å². The van der Waals surface area contributed by atoms with Gasteiger partial charge in [-0.05, 0) is 55.0 Å². The minimum absolute atomic E-state index is 0.0850. The first-order chi connectivity index (χ1) is 20.6. The van der Waals surface area contributed by atoms with Gasteiger partial charge in [-0.15, -0.1) is 0 Å². The van der Waals surface area contributed by atoms with Crippen LogP contribution in [0, 0.1) is 0 Å². The van der Waals surface area contributed by atoms with Gasteiger partial charge in [0.1, 0.15) is 4.88 Å². The minimum atomic E-state index is -4.51. The normalized spacial score (nSPS) is 14.8. The third-order valence-corrected chi connectivity index (χ3v) is 8.07. The SMILES string of the molecule is COC(=O)Cc1nc(N(c2ccccc2)C2CCN(C(=O)c3ccccc3)C2)sc1C(=O)Nc1ccc(C(F)(F)F)cc1. The molecule has 0 spiro atoms. The van der Waals surface area contributed by atoms with Crippen LogP contribution in [0.2, 0.25) is 0 Å². The number of hydrogen-bond donors (Lipinski definition) is 1. The topological polar surface area (TPSA) is 91.8 Å². The molecule has 1 saturated heterocycles. The van der Waals surface area contributed by atoms with E-state index in [9.17, 15) is 27.6 Å². The summed E-state index contributed by atoms with van der Waals surface area (Å²) in [5.41, 5.74) is 0.864. The molecule has 3 aromatic carbocycles. The number of aromatic nitrogens is 1. The fourth-order valence-corrected chi connectivity index (χ4v) is 5.92. The van der Waals surface area contributed by atoms with Crippen molar-refractivity contribution in [1.82, 2.24) is 9.88 Å². The van der Waals surface area contributed by atoms with E-state index in [0.29, 0.717) is 30.2 Å². The zero-order valence-corrected chi connectivity index (χ0v) is 23.8. The summed E-state index contributed by atoms with van der Waals surface area (Å²) in [5.74, 6) is -1.31. The fourth-order valence-electron chi connectivity index (χ4n) is 4.85. The molecule has 1 aliphatic heterocycles. The molecule has 1 fully saturated rings. The molecule has 1 aliphatic rings. The van der Waals surface area contributed by atoms with Gasteiger partial charge in [-0.25, -0.2) is 4.98 Å². The largest absolute Gasteiger partial charge is 0.469 e. The van der Waals surface area contributed by atoms with Gasteiger partial charge in [-0.3, -0.25) is 14.4 Å². The van der Waals surface area contributed by atoms with Crippen molar-refractivity contribution in [3.05, 3.63) is 107 Å². The number of alkyl halides is 3. The average Bonchev–Trinajstić information content (AvgIpc) is 3.66. The van der Waals surface area contributed by atoms with Crippen molar-refractivity contribution in [2.24, 2.45) is 0 Å². The van der Waals surface area contributed by atoms with Gasteiger partial charge in [-0.2, -0.15) is 13.2 Å². The monoisotopic (exact) mass is 608 g/mol. The van der Waals surface area contributed by atoms with Gasteiger partial charge in [-0.1, -0.05) is 47.7 Å². The smallest absolute Gasteiger partial charge is 0.416 e. The van der Waals surface area contributed by atoms with Crippen LogP contribution < -0.4 is 10.2 Å². The Hall–Kier alpha value is -4.71. The summed E-state index contributed by atoms with van der Waals surface area (Å²) in [6.07, 6.45) is -4.16. The first-order valence-corrected chi connectivity index (χ1v) is 14.2. The molecule has 222 valence electrons. The molecule has 1 atom stereocenters. The van der Waals surface area contributed by atoms with E-state index in [-0.39, 0.29) is 34.6 Å². The number of nitrogens with one attached hydrogen (secondary N) is 1. The summed E-state index contributed by atoms with van der Waals surface area (Å²) in [5, 5.41) is 3.04. The minimum Gasteiger partial charge on any atom is -0.469 e. The highest BCUT2D eigenvalue weighted by Crippen LogP contribution is 2.37. The van der Waals surface area contributed by atoms with Crippen molar-refractivity contribution in [3.63, 3.8) is 0 Å². The first kappa shape index (κ1) is 29.8. The third-order valence-electron chi connectivity index (χ3n) is 6.98. The fraction of sp³-hybridized carbons (Fsp3) is 0.226. The Labute approximate surface area is 249 Å². The van der Waals surface area contributed by atoms with Crippen molar-refractivity contribution in [2.75, 3.05) is 30.4 Å². The quantitative estimate of drug-likeness (QED) is 0.240. The van der Waals surface area contributed by atoms with E-state index < -0.39 is 23.6 Å². The number of ether oxygens (including phenoxy) is 1. The Bertz CT molecular complexity index is 1600. The van der Waals surface area contributed by atoms with Crippen molar-refractivity contribution in [3.8, 4) is 0 Å². The molecule has 0 bridgehead atoms. The Kier molecular flexibility index (Phi) is 8.76. The second kappa shape index (κ2) is 12.7. The van der Waals surface area contributed by atoms with Crippen molar-refractivity contribution >= 4 is 45.6 Å². The third kappa shape index (κ3) is 6.86. The van der Waals surface area contributed by atoms with Gasteiger partial charge in [0.05, 0.1) is 30.8 Å². The number of carbonyl (C=O) groups is 3. The Morgan fingerprint density at radius 2 is 1.65 bits per heavy atom. The molecule has 12 heteroatoms. The Morgan fingerprint density at radius 3 is 2.28 bits per heavy atom. The van der Waals surface area contributed by atoms with Crippen LogP contribution in [0.25, 0.3) is 0 Å². The summed E-state index contributed by atoms with van der Waals surface area (Å²) in [6, 6.07) is 22.3. The number of hydrogen-bond acceptors (Lipinski definition) is 7. The molecule has 2 amide bonds. The summed E-state index contributed by atoms with van der Waals surface area (Å²) < 4.78 is 43.8. The van der Waals surface area contributed by atoms with E-state index in [0.717, 1.165) is 41.3 Å². The molecule has 4 aromatic rings. The molecule has 0 radical (unpaired) electrons. The number of para-hydroxylation sites is 1. The lowest BCUT2D eigenvalue weighted by atomic mass is 10.2. The number of methoxy groups -OCH3 is 1. The summed E-state index contributed by atoms with van der Waals surface area (Å²) >= 11 is 1.05. The highest BCUT2D eigenvalue weighted by molar-refractivity contribution is 7.17. The number of thiazole rings is 1. The molecule has 1 aromatic heterocycles. The lowest BCUT2D eigenvalue weighted by Gasteiger charge is -2.29. The zero-order chi connectivity index (χ0) is 30.6. The number of benzene rings is 3. The van der Waals surface area contributed by atoms with Crippen LogP contribution in [0.3, 0.4) is 0 Å². The van der Waals surface area contributed by atoms with Gasteiger partial charge in [0.25, 0.3) is 11.8 Å². The molecule has 1 unspecified atom stereocenters. The molecule has 8 nitrogen and oxygen atoms in total. The highest BCUT2D eigenvalue weighted by atomic mass is 32.1. The van der Waals surface area contributed by atoms with E-state index in [4.69, 9.17) is 4.74 Å². The number of halogens is 3. The number of rotatable bonds is 8. The van der Waals surface area contributed by atoms with Crippen LogP contribution in [-0.4, -0.2) is 53.9 Å². The standard InChI is InChI=1S/C31H27F3N4O4S/c1-42-26(39)18-25-27(28(40)35-22-14-12-21(13-15-22)31(32,33)34)43-30(36-25)38(23-10-6-3-7-11-23)24-16-17-37(19-24)29(41)20-8-4-2-5-9-20/h2-15,24H,16-19H2,1H3,(H,35,40). The predicted octanol–water partition coefficient (Wildman–Crippen LogP) is 6.18. The summed E-state index contributed by atoms with van der Waals surface area (Å²) in [7, 11) is 1.23. The van der Waals surface area contributed by atoms with Crippen LogP contribution in [0.15, 0.2) is 84.9 Å². The maximum atomic E-state index is 13.4. The van der Waals surface area contributed by atoms with Gasteiger partial charge in [0, 0.05) is 30.0 Å². The molecule has 0 saturated carbocycles. The number of likely N-dealkylation sites (tertiary alicyclic amines) is 1. The molecule has 2 heterocycles. The molecule has 5 rings (SSSR count). The van der Waals surface area contributed by atoms with Crippen LogP contribution >= 0.6 is 11.3 Å². The van der Waals surface area contributed by atoms with E-state index in [2.05, 4.69) is 10.3 Å². The number of amides is 2. The number of nitrogens with zero attached hydrogens (tertiary/aromatic N) is 3. The van der Waals surface area contributed by atoms with Gasteiger partial charge < -0.3 is 19.9 Å². The first-order valence-electron chi connectivity index (χ1n) is 13.4. The van der Waals surface area contributed by atoms with Crippen LogP contribution in [-0.2, 0) is 22.1 Å². The lowest BCUT2D eigenvalue weighted by molar-refractivity contribution is -0.140. The van der Waals surface area contributed by atoms with Crippen LogP contribution in [0.1, 0.15) is 37.7 Å². The number of esters is 1. The van der Waals surface area contributed by atoms with Crippen LogP contribution in [0.4, 0.5) is 29.7 Å². The number of carbonyl (C=O) groups excluding carboxylic acids is 3. The molecular formula is C31H27F3N4O4S. The molecule has 43 heavy (non-hydrogen) atoms. The molecule has 1 N–H and O–H groups in total. The number of anilines is 3. The predicted molar refractivity (Wildman–Crippen MR) is 157 cm³/mol. The van der Waals surface area contributed by atoms with Crippen LogP contribution in [0.5, 0.6) is 0 Å². The average molecular weight is 609 g/mol. The maximum Gasteiger partial charge on any atom is 0.416 e. The second-order valence-electron chi connectivity index (χ2n) is 9.82. The van der Waals surface area contributed by atoms with E-state index >= 15 is 0 Å². The maximum absolute atomic E-state index is 13.4. The van der Waals surface area contributed by atoms with E-state index in [1.54, 1.807) is 17.0 Å². The zero-order valence-electron chi connectivity index (χ0n) is 23.0. The summed E-state index contributed by atoms with van der Waals surface area (Å²) in [4.78, 5) is 47.4. The second-order valence-corrected chi connectivity index (χ2v) is 10.8. The van der Waals surface area contributed by atoms with Crippen molar-refractivity contribution in [1.29, 1.82) is 0 Å². The van der Waals surface area contributed by atoms with Gasteiger partial charge >= 0.3 is 12.1 Å². The highest BCUT2D eigenvalue weighted by Gasteiger charge is 2.35. The van der Waals surface area contributed by atoms with Crippen molar-refractivity contribution in [2.45, 2.75) is 25.1 Å². The Balaban J connectivity index is 1.46. The van der Waals surface area contributed by atoms with Gasteiger partial charge in [0.15, 0.2) is 5.13 Å². The molecular weight excluding hydrogens is 581 g/mol. The van der Waals surface area contributed by atoms with E-state index in [1.807, 2.05) is 53.4 Å². The lowest BCUT2D eigenvalue weighted by Crippen LogP contribution is -2.36.